The van der Waals surface area contributed by atoms with Gasteiger partial charge in [0.2, 0.25) is 0 Å². The normalized spacial score (nSPS) is 9.37. The summed E-state index contributed by atoms with van der Waals surface area (Å²) >= 11 is 0. The lowest BCUT2D eigenvalue weighted by Crippen LogP contribution is -2.15. The molecule has 0 atom stereocenters. The molecule has 1 aromatic carbocycles. The van der Waals surface area contributed by atoms with Crippen molar-refractivity contribution in [3.8, 4) is 5.75 Å². The zero-order valence-electron chi connectivity index (χ0n) is 14.1. The average Bonchev–Trinajstić information content (AvgIpc) is 2.41. The van der Waals surface area contributed by atoms with Crippen LogP contribution < -0.4 is 10.1 Å². The van der Waals surface area contributed by atoms with Crippen LogP contribution in [-0.4, -0.2) is 19.7 Å². The molecule has 1 N–H and O–H groups in total. The Balaban J connectivity index is 0. The third-order valence-corrected chi connectivity index (χ3v) is 2.18. The average molecular weight is 267 g/mol. The van der Waals surface area contributed by atoms with E-state index in [1.807, 2.05) is 33.0 Å². The number of hydrogen-bond donors (Lipinski definition) is 1. The molecule has 0 aliphatic rings. The van der Waals surface area contributed by atoms with Gasteiger partial charge in [-0.15, -0.1) is 0 Å². The summed E-state index contributed by atoms with van der Waals surface area (Å²) in [5.74, 6) is 1.56. The molecule has 2 heteroatoms. The standard InChI is InChI=1S/C11H16O.C4H11N.C2H6/c1-9(2)8-12-11-6-4-10(3)5-7-11;1-4(2)5-3;1-2/h4-7,9H,8H2,1-3H3;4-5H,1-3H3;1-2H3. The van der Waals surface area contributed by atoms with Gasteiger partial charge in [0, 0.05) is 6.04 Å². The van der Waals surface area contributed by atoms with E-state index in [4.69, 9.17) is 4.74 Å². The Bertz CT molecular complexity index is 278. The fraction of sp³-hybridized carbons (Fsp3) is 0.647. The van der Waals surface area contributed by atoms with Crippen molar-refractivity contribution in [1.29, 1.82) is 0 Å². The topological polar surface area (TPSA) is 21.3 Å². The summed E-state index contributed by atoms with van der Waals surface area (Å²) in [6.45, 7) is 15.4. The predicted molar refractivity (Wildman–Crippen MR) is 87.1 cm³/mol. The van der Waals surface area contributed by atoms with Gasteiger partial charge in [0.05, 0.1) is 6.61 Å². The minimum absolute atomic E-state index is 0.589. The first-order valence-corrected chi connectivity index (χ1v) is 7.32. The van der Waals surface area contributed by atoms with E-state index in [-0.39, 0.29) is 0 Å². The van der Waals surface area contributed by atoms with Crippen LogP contribution in [0.5, 0.6) is 5.75 Å². The number of ether oxygens (including phenoxy) is 1. The molecule has 19 heavy (non-hydrogen) atoms. The molecule has 0 unspecified atom stereocenters. The van der Waals surface area contributed by atoms with Gasteiger partial charge >= 0.3 is 0 Å². The van der Waals surface area contributed by atoms with Gasteiger partial charge in [0.1, 0.15) is 5.75 Å². The molecule has 0 bridgehead atoms. The van der Waals surface area contributed by atoms with E-state index in [0.29, 0.717) is 12.0 Å². The smallest absolute Gasteiger partial charge is 0.119 e. The van der Waals surface area contributed by atoms with Gasteiger partial charge in [-0.3, -0.25) is 0 Å². The lowest BCUT2D eigenvalue weighted by Gasteiger charge is -2.08. The molecular weight excluding hydrogens is 234 g/mol. The quantitative estimate of drug-likeness (QED) is 0.856. The summed E-state index contributed by atoms with van der Waals surface area (Å²) in [5.41, 5.74) is 1.27. The van der Waals surface area contributed by atoms with E-state index in [9.17, 15) is 0 Å². The number of rotatable bonds is 4. The Kier molecular flexibility index (Phi) is 14.3. The van der Waals surface area contributed by atoms with Crippen molar-refractivity contribution in [2.24, 2.45) is 5.92 Å². The Labute approximate surface area is 120 Å². The molecule has 2 nitrogen and oxygen atoms in total. The van der Waals surface area contributed by atoms with Crippen molar-refractivity contribution in [3.63, 3.8) is 0 Å². The predicted octanol–water partition coefficient (Wildman–Crippen LogP) is 4.67. The molecule has 1 aromatic rings. The van der Waals surface area contributed by atoms with E-state index in [1.165, 1.54) is 5.56 Å². The summed E-state index contributed by atoms with van der Waals surface area (Å²) in [6.07, 6.45) is 0. The highest BCUT2D eigenvalue weighted by Crippen LogP contribution is 2.12. The Morgan fingerprint density at radius 1 is 1.00 bits per heavy atom. The van der Waals surface area contributed by atoms with Crippen molar-refractivity contribution in [2.45, 2.75) is 54.5 Å². The van der Waals surface area contributed by atoms with Crippen LogP contribution in [0.1, 0.15) is 47.1 Å². The summed E-state index contributed by atoms with van der Waals surface area (Å²) in [7, 11) is 1.95. The maximum Gasteiger partial charge on any atom is 0.119 e. The Morgan fingerprint density at radius 2 is 1.42 bits per heavy atom. The first-order chi connectivity index (χ1) is 8.95. The molecule has 0 saturated heterocycles. The van der Waals surface area contributed by atoms with Crippen molar-refractivity contribution >= 4 is 0 Å². The molecule has 1 rings (SSSR count). The second-order valence-electron chi connectivity index (χ2n) is 4.96. The molecule has 0 spiro atoms. The van der Waals surface area contributed by atoms with E-state index in [2.05, 4.69) is 52.1 Å². The number of hydrogen-bond acceptors (Lipinski definition) is 2. The maximum atomic E-state index is 5.52. The number of benzene rings is 1. The third kappa shape index (κ3) is 14.9. The third-order valence-electron chi connectivity index (χ3n) is 2.18. The lowest BCUT2D eigenvalue weighted by atomic mass is 10.2. The fourth-order valence-corrected chi connectivity index (χ4v) is 0.897. The molecule has 0 aliphatic carbocycles. The second kappa shape index (κ2) is 13.4. The van der Waals surface area contributed by atoms with E-state index in [0.717, 1.165) is 12.4 Å². The number of nitrogens with one attached hydrogen (secondary N) is 1. The van der Waals surface area contributed by atoms with Crippen LogP contribution in [0.15, 0.2) is 24.3 Å². The first-order valence-electron chi connectivity index (χ1n) is 7.32. The van der Waals surface area contributed by atoms with Crippen molar-refractivity contribution in [2.75, 3.05) is 13.7 Å². The van der Waals surface area contributed by atoms with Gasteiger partial charge in [-0.25, -0.2) is 0 Å². The molecule has 0 saturated carbocycles. The summed E-state index contributed by atoms with van der Waals surface area (Å²) in [6, 6.07) is 8.79. The molecule has 112 valence electrons. The maximum absolute atomic E-state index is 5.52. The molecule has 0 amide bonds. The van der Waals surface area contributed by atoms with Crippen LogP contribution in [0.25, 0.3) is 0 Å². The van der Waals surface area contributed by atoms with Crippen molar-refractivity contribution < 1.29 is 4.74 Å². The highest BCUT2D eigenvalue weighted by Gasteiger charge is 1.95. The Morgan fingerprint density at radius 3 is 1.74 bits per heavy atom. The van der Waals surface area contributed by atoms with Gasteiger partial charge in [-0.1, -0.05) is 59.2 Å². The molecule has 0 fully saturated rings. The van der Waals surface area contributed by atoms with Crippen molar-refractivity contribution in [3.05, 3.63) is 29.8 Å². The molecular formula is C17H33NO. The number of aryl methyl sites for hydroxylation is 1. The highest BCUT2D eigenvalue weighted by molar-refractivity contribution is 5.26. The van der Waals surface area contributed by atoms with E-state index in [1.54, 1.807) is 0 Å². The van der Waals surface area contributed by atoms with E-state index >= 15 is 0 Å². The van der Waals surface area contributed by atoms with Gasteiger partial charge in [0.15, 0.2) is 0 Å². The SMILES string of the molecule is CC.CNC(C)C.Cc1ccc(OCC(C)C)cc1. The Hall–Kier alpha value is -1.02. The lowest BCUT2D eigenvalue weighted by molar-refractivity contribution is 0.271. The summed E-state index contributed by atoms with van der Waals surface area (Å²) < 4.78 is 5.52. The monoisotopic (exact) mass is 267 g/mol. The van der Waals surface area contributed by atoms with Crippen molar-refractivity contribution in [1.82, 2.24) is 5.32 Å². The highest BCUT2D eigenvalue weighted by atomic mass is 16.5. The minimum atomic E-state index is 0.589. The second-order valence-corrected chi connectivity index (χ2v) is 4.96. The molecule has 0 radical (unpaired) electrons. The zero-order chi connectivity index (χ0) is 15.3. The van der Waals surface area contributed by atoms with Gasteiger partial charge < -0.3 is 10.1 Å². The van der Waals surface area contributed by atoms with Gasteiger partial charge in [-0.05, 0) is 32.0 Å². The van der Waals surface area contributed by atoms with Crippen LogP contribution in [-0.2, 0) is 0 Å². The zero-order valence-corrected chi connectivity index (χ0v) is 14.1. The minimum Gasteiger partial charge on any atom is -0.493 e. The molecule has 0 heterocycles. The fourth-order valence-electron chi connectivity index (χ4n) is 0.897. The van der Waals surface area contributed by atoms with Crippen LogP contribution in [0.3, 0.4) is 0 Å². The molecule has 0 aromatic heterocycles. The van der Waals surface area contributed by atoms with E-state index < -0.39 is 0 Å². The van der Waals surface area contributed by atoms with Crippen LogP contribution in [0, 0.1) is 12.8 Å². The molecule has 0 aliphatic heterocycles. The van der Waals surface area contributed by atoms with Crippen LogP contribution in [0.4, 0.5) is 0 Å². The van der Waals surface area contributed by atoms with Crippen LogP contribution >= 0.6 is 0 Å². The largest absolute Gasteiger partial charge is 0.493 e. The van der Waals surface area contributed by atoms with Gasteiger partial charge in [-0.2, -0.15) is 0 Å². The summed E-state index contributed by atoms with van der Waals surface area (Å²) in [5, 5.41) is 3.03. The van der Waals surface area contributed by atoms with Gasteiger partial charge in [0.25, 0.3) is 0 Å². The first kappa shape index (κ1) is 20.3. The summed E-state index contributed by atoms with van der Waals surface area (Å²) in [4.78, 5) is 0. The van der Waals surface area contributed by atoms with Crippen LogP contribution in [0.2, 0.25) is 0 Å².